The lowest BCUT2D eigenvalue weighted by Gasteiger charge is -2.04. The molecule has 0 aliphatic heterocycles. The van der Waals surface area contributed by atoms with E-state index < -0.39 is 0 Å². The van der Waals surface area contributed by atoms with E-state index in [1.54, 1.807) is 13.3 Å². The SMILES string of the molecule is COCCCNC(=O)Cn1cc(CCCN)nn1. The first kappa shape index (κ1) is 14.6. The number of hydrogen-bond acceptors (Lipinski definition) is 5. The lowest BCUT2D eigenvalue weighted by molar-refractivity contribution is -0.121. The Morgan fingerprint density at radius 3 is 3.11 bits per heavy atom. The van der Waals surface area contributed by atoms with Crippen LogP contribution in [0, 0.1) is 0 Å². The first-order valence-corrected chi connectivity index (χ1v) is 6.11. The minimum absolute atomic E-state index is 0.0682. The monoisotopic (exact) mass is 255 g/mol. The molecule has 1 aromatic heterocycles. The Bertz CT molecular complexity index is 353. The predicted molar refractivity (Wildman–Crippen MR) is 66.9 cm³/mol. The summed E-state index contributed by atoms with van der Waals surface area (Å²) in [5, 5.41) is 10.7. The summed E-state index contributed by atoms with van der Waals surface area (Å²) in [7, 11) is 1.64. The molecule has 0 fully saturated rings. The van der Waals surface area contributed by atoms with Gasteiger partial charge < -0.3 is 15.8 Å². The van der Waals surface area contributed by atoms with Gasteiger partial charge in [0.15, 0.2) is 0 Å². The molecule has 7 heteroatoms. The minimum atomic E-state index is -0.0682. The summed E-state index contributed by atoms with van der Waals surface area (Å²) >= 11 is 0. The molecule has 1 amide bonds. The zero-order valence-corrected chi connectivity index (χ0v) is 10.8. The van der Waals surface area contributed by atoms with E-state index in [9.17, 15) is 4.79 Å². The van der Waals surface area contributed by atoms with Crippen molar-refractivity contribution in [3.63, 3.8) is 0 Å². The van der Waals surface area contributed by atoms with Crippen molar-refractivity contribution in [3.05, 3.63) is 11.9 Å². The molecule has 0 atom stereocenters. The molecule has 0 unspecified atom stereocenters. The molecule has 0 aliphatic rings. The zero-order chi connectivity index (χ0) is 13.2. The first-order valence-electron chi connectivity index (χ1n) is 6.11. The number of nitrogens with one attached hydrogen (secondary N) is 1. The van der Waals surface area contributed by atoms with Crippen molar-refractivity contribution in [3.8, 4) is 0 Å². The molecule has 7 nitrogen and oxygen atoms in total. The maximum atomic E-state index is 11.5. The molecule has 0 saturated carbocycles. The molecule has 0 spiro atoms. The number of methoxy groups -OCH3 is 1. The standard InChI is InChI=1S/C11H21N5O2/c1-18-7-3-6-13-11(17)9-16-8-10(14-15-16)4-2-5-12/h8H,2-7,9,12H2,1H3,(H,13,17). The van der Waals surface area contributed by atoms with Crippen molar-refractivity contribution >= 4 is 5.91 Å². The summed E-state index contributed by atoms with van der Waals surface area (Å²) in [5.74, 6) is -0.0682. The van der Waals surface area contributed by atoms with Crippen molar-refractivity contribution < 1.29 is 9.53 Å². The largest absolute Gasteiger partial charge is 0.385 e. The van der Waals surface area contributed by atoms with E-state index >= 15 is 0 Å². The van der Waals surface area contributed by atoms with E-state index in [1.807, 2.05) is 0 Å². The summed E-state index contributed by atoms with van der Waals surface area (Å²) in [6.45, 7) is 2.09. The molecular weight excluding hydrogens is 234 g/mol. The van der Waals surface area contributed by atoms with Crippen molar-refractivity contribution in [2.75, 3.05) is 26.8 Å². The van der Waals surface area contributed by atoms with Gasteiger partial charge in [-0.15, -0.1) is 5.10 Å². The van der Waals surface area contributed by atoms with E-state index in [0.717, 1.165) is 25.0 Å². The molecule has 1 heterocycles. The number of carbonyl (C=O) groups excluding carboxylic acids is 1. The molecule has 1 aromatic rings. The van der Waals surface area contributed by atoms with Gasteiger partial charge in [0.2, 0.25) is 5.91 Å². The van der Waals surface area contributed by atoms with Gasteiger partial charge in [-0.25, -0.2) is 4.68 Å². The van der Waals surface area contributed by atoms with E-state index in [1.165, 1.54) is 4.68 Å². The van der Waals surface area contributed by atoms with E-state index in [2.05, 4.69) is 15.6 Å². The Balaban J connectivity index is 2.24. The van der Waals surface area contributed by atoms with Gasteiger partial charge in [-0.1, -0.05) is 5.21 Å². The third kappa shape index (κ3) is 5.74. The highest BCUT2D eigenvalue weighted by atomic mass is 16.5. The summed E-state index contributed by atoms with van der Waals surface area (Å²) in [6.07, 6.45) is 4.26. The van der Waals surface area contributed by atoms with Crippen LogP contribution in [0.4, 0.5) is 0 Å². The van der Waals surface area contributed by atoms with Crippen LogP contribution in [0.15, 0.2) is 6.20 Å². The Hall–Kier alpha value is -1.47. The van der Waals surface area contributed by atoms with Gasteiger partial charge in [0.05, 0.1) is 5.69 Å². The zero-order valence-electron chi connectivity index (χ0n) is 10.8. The molecule has 0 saturated heterocycles. The van der Waals surface area contributed by atoms with Gasteiger partial charge in [-0.2, -0.15) is 0 Å². The fourth-order valence-corrected chi connectivity index (χ4v) is 1.46. The Labute approximate surface area is 107 Å². The number of nitrogens with two attached hydrogens (primary N) is 1. The first-order chi connectivity index (χ1) is 8.76. The highest BCUT2D eigenvalue weighted by Gasteiger charge is 2.05. The molecule has 0 aromatic carbocycles. The van der Waals surface area contributed by atoms with Crippen LogP contribution in [-0.2, 0) is 22.5 Å². The van der Waals surface area contributed by atoms with Crippen molar-refractivity contribution in [2.24, 2.45) is 5.73 Å². The predicted octanol–water partition coefficient (Wildman–Crippen LogP) is -0.678. The summed E-state index contributed by atoms with van der Waals surface area (Å²) in [6, 6.07) is 0. The van der Waals surface area contributed by atoms with Crippen LogP contribution in [0.1, 0.15) is 18.5 Å². The summed E-state index contributed by atoms with van der Waals surface area (Å²) < 4.78 is 6.43. The maximum absolute atomic E-state index is 11.5. The molecule has 0 bridgehead atoms. The van der Waals surface area contributed by atoms with Crippen LogP contribution in [0.2, 0.25) is 0 Å². The van der Waals surface area contributed by atoms with Crippen LogP contribution >= 0.6 is 0 Å². The molecule has 102 valence electrons. The molecule has 18 heavy (non-hydrogen) atoms. The van der Waals surface area contributed by atoms with Crippen molar-refractivity contribution in [1.29, 1.82) is 0 Å². The van der Waals surface area contributed by atoms with E-state index in [-0.39, 0.29) is 12.5 Å². The van der Waals surface area contributed by atoms with Crippen molar-refractivity contribution in [1.82, 2.24) is 20.3 Å². The quantitative estimate of drug-likeness (QED) is 0.570. The fraction of sp³-hybridized carbons (Fsp3) is 0.727. The Morgan fingerprint density at radius 2 is 2.39 bits per heavy atom. The molecule has 0 radical (unpaired) electrons. The van der Waals surface area contributed by atoms with Gasteiger partial charge in [0.1, 0.15) is 6.54 Å². The fourth-order valence-electron chi connectivity index (χ4n) is 1.46. The lowest BCUT2D eigenvalue weighted by Crippen LogP contribution is -2.29. The number of nitrogens with zero attached hydrogens (tertiary/aromatic N) is 3. The normalized spacial score (nSPS) is 10.6. The maximum Gasteiger partial charge on any atom is 0.241 e. The second kappa shape index (κ2) is 8.60. The van der Waals surface area contributed by atoms with E-state index in [0.29, 0.717) is 19.7 Å². The van der Waals surface area contributed by atoms with Crippen LogP contribution in [0.5, 0.6) is 0 Å². The average molecular weight is 255 g/mol. The van der Waals surface area contributed by atoms with Gasteiger partial charge in [0, 0.05) is 26.5 Å². The van der Waals surface area contributed by atoms with Crippen molar-refractivity contribution in [2.45, 2.75) is 25.8 Å². The van der Waals surface area contributed by atoms with Crippen LogP contribution < -0.4 is 11.1 Å². The number of rotatable bonds is 9. The van der Waals surface area contributed by atoms with Crippen LogP contribution in [-0.4, -0.2) is 47.7 Å². The van der Waals surface area contributed by atoms with Crippen LogP contribution in [0.25, 0.3) is 0 Å². The highest BCUT2D eigenvalue weighted by molar-refractivity contribution is 5.75. The number of hydrogen-bond donors (Lipinski definition) is 2. The topological polar surface area (TPSA) is 95.1 Å². The number of aryl methyl sites for hydroxylation is 1. The molecule has 0 aliphatic carbocycles. The lowest BCUT2D eigenvalue weighted by atomic mass is 10.2. The minimum Gasteiger partial charge on any atom is -0.385 e. The Kier molecular flexibility index (Phi) is 6.97. The highest BCUT2D eigenvalue weighted by Crippen LogP contribution is 1.96. The number of carbonyl (C=O) groups is 1. The number of ether oxygens (including phenoxy) is 1. The van der Waals surface area contributed by atoms with Gasteiger partial charge in [-0.3, -0.25) is 4.79 Å². The number of aromatic nitrogens is 3. The average Bonchev–Trinajstić information content (AvgIpc) is 2.80. The molecule has 3 N–H and O–H groups in total. The summed E-state index contributed by atoms with van der Waals surface area (Å²) in [5.41, 5.74) is 6.28. The second-order valence-corrected chi connectivity index (χ2v) is 4.00. The number of amides is 1. The van der Waals surface area contributed by atoms with Gasteiger partial charge in [-0.05, 0) is 25.8 Å². The molecular formula is C11H21N5O2. The molecule has 1 rings (SSSR count). The smallest absolute Gasteiger partial charge is 0.241 e. The van der Waals surface area contributed by atoms with Gasteiger partial charge in [0.25, 0.3) is 0 Å². The Morgan fingerprint density at radius 1 is 1.56 bits per heavy atom. The van der Waals surface area contributed by atoms with E-state index in [4.69, 9.17) is 10.5 Å². The third-order valence-corrected chi connectivity index (χ3v) is 2.38. The third-order valence-electron chi connectivity index (χ3n) is 2.38. The van der Waals surface area contributed by atoms with Crippen LogP contribution in [0.3, 0.4) is 0 Å². The second-order valence-electron chi connectivity index (χ2n) is 4.00. The summed E-state index contributed by atoms with van der Waals surface area (Å²) in [4.78, 5) is 11.5. The van der Waals surface area contributed by atoms with Gasteiger partial charge >= 0.3 is 0 Å².